The van der Waals surface area contributed by atoms with Gasteiger partial charge >= 0.3 is 0 Å². The van der Waals surface area contributed by atoms with E-state index in [9.17, 15) is 9.59 Å². The number of aromatic nitrogens is 1. The van der Waals surface area contributed by atoms with Crippen LogP contribution < -0.4 is 11.1 Å². The number of nitrogens with zero attached hydrogens (tertiary/aromatic N) is 3. The van der Waals surface area contributed by atoms with Gasteiger partial charge in [0.1, 0.15) is 11.2 Å². The molecule has 3 aromatic rings. The standard InChI is InChI=1S/C27H30FN5O3/c1-31(2)26(35)20-7-3-19(4-8-20)15-32-11-12-33-23(27(32)16-36-17-27)13-22(28)24(33)25(34)30-14-18-5-9-21(29)10-6-18/h3-10,13H,11-12,14-17,29H2,1-2H3,(H,30,34). The first-order valence-electron chi connectivity index (χ1n) is 11.9. The van der Waals surface area contributed by atoms with Gasteiger partial charge < -0.3 is 25.3 Å². The Hall–Kier alpha value is -3.69. The van der Waals surface area contributed by atoms with Crippen molar-refractivity contribution < 1.29 is 18.7 Å². The first kappa shape index (κ1) is 24.0. The fourth-order valence-corrected chi connectivity index (χ4v) is 4.95. The summed E-state index contributed by atoms with van der Waals surface area (Å²) in [5, 5.41) is 2.83. The largest absolute Gasteiger partial charge is 0.399 e. The lowest BCUT2D eigenvalue weighted by atomic mass is 9.88. The molecule has 1 aromatic heterocycles. The Labute approximate surface area is 209 Å². The predicted molar refractivity (Wildman–Crippen MR) is 134 cm³/mol. The van der Waals surface area contributed by atoms with Crippen LogP contribution in [0.1, 0.15) is 37.7 Å². The second kappa shape index (κ2) is 9.40. The Balaban J connectivity index is 1.34. The topological polar surface area (TPSA) is 92.8 Å². The van der Waals surface area contributed by atoms with E-state index < -0.39 is 17.3 Å². The highest BCUT2D eigenvalue weighted by Crippen LogP contribution is 2.41. The molecule has 0 atom stereocenters. The highest BCUT2D eigenvalue weighted by atomic mass is 19.1. The third-order valence-electron chi connectivity index (χ3n) is 7.04. The van der Waals surface area contributed by atoms with E-state index in [0.29, 0.717) is 44.1 Å². The average molecular weight is 492 g/mol. The highest BCUT2D eigenvalue weighted by molar-refractivity contribution is 5.94. The van der Waals surface area contributed by atoms with Crippen molar-refractivity contribution in [1.82, 2.24) is 19.7 Å². The van der Waals surface area contributed by atoms with Crippen LogP contribution in [0.3, 0.4) is 0 Å². The summed E-state index contributed by atoms with van der Waals surface area (Å²) in [6, 6.07) is 16.2. The summed E-state index contributed by atoms with van der Waals surface area (Å²) in [5.41, 5.74) is 9.26. The van der Waals surface area contributed by atoms with Crippen molar-refractivity contribution in [1.29, 1.82) is 0 Å². The number of carbonyl (C=O) groups is 2. The van der Waals surface area contributed by atoms with Crippen molar-refractivity contribution in [2.24, 2.45) is 0 Å². The number of amides is 2. The zero-order valence-electron chi connectivity index (χ0n) is 20.5. The number of fused-ring (bicyclic) bond motifs is 2. The number of nitrogens with one attached hydrogen (secondary N) is 1. The summed E-state index contributed by atoms with van der Waals surface area (Å²) in [6.07, 6.45) is 0. The molecule has 0 bridgehead atoms. The Morgan fingerprint density at radius 1 is 1.06 bits per heavy atom. The summed E-state index contributed by atoms with van der Waals surface area (Å²) in [6.45, 7) is 2.90. The molecule has 1 saturated heterocycles. The Morgan fingerprint density at radius 3 is 2.33 bits per heavy atom. The Bertz CT molecular complexity index is 1280. The van der Waals surface area contributed by atoms with Crippen LogP contribution in [0.15, 0.2) is 54.6 Å². The van der Waals surface area contributed by atoms with Crippen LogP contribution in [0.25, 0.3) is 0 Å². The quantitative estimate of drug-likeness (QED) is 0.517. The molecule has 0 saturated carbocycles. The van der Waals surface area contributed by atoms with Crippen LogP contribution in [-0.2, 0) is 29.9 Å². The molecule has 2 amide bonds. The number of halogens is 1. The van der Waals surface area contributed by atoms with Crippen molar-refractivity contribution >= 4 is 17.5 Å². The second-order valence-electron chi connectivity index (χ2n) is 9.64. The lowest BCUT2D eigenvalue weighted by Gasteiger charge is -2.52. The number of anilines is 1. The van der Waals surface area contributed by atoms with Crippen LogP contribution in [0.2, 0.25) is 0 Å². The molecular formula is C27H30FN5O3. The van der Waals surface area contributed by atoms with Crippen LogP contribution in [0, 0.1) is 5.82 Å². The molecule has 0 aliphatic carbocycles. The maximum Gasteiger partial charge on any atom is 0.271 e. The maximum absolute atomic E-state index is 15.2. The first-order chi connectivity index (χ1) is 17.3. The fraction of sp³-hybridized carbons (Fsp3) is 0.333. The number of ether oxygens (including phenoxy) is 1. The van der Waals surface area contributed by atoms with E-state index in [1.54, 1.807) is 35.7 Å². The third kappa shape index (κ3) is 4.25. The molecule has 2 aliphatic rings. The average Bonchev–Trinajstić information content (AvgIpc) is 3.18. The van der Waals surface area contributed by atoms with Gasteiger partial charge in [-0.1, -0.05) is 24.3 Å². The molecule has 5 rings (SSSR count). The zero-order valence-corrected chi connectivity index (χ0v) is 20.5. The molecule has 0 unspecified atom stereocenters. The van der Waals surface area contributed by atoms with Gasteiger partial charge in [0, 0.05) is 57.2 Å². The minimum Gasteiger partial charge on any atom is -0.399 e. The highest BCUT2D eigenvalue weighted by Gasteiger charge is 2.51. The summed E-state index contributed by atoms with van der Waals surface area (Å²) < 4.78 is 22.6. The van der Waals surface area contributed by atoms with Gasteiger partial charge in [-0.3, -0.25) is 14.5 Å². The Kier molecular flexibility index (Phi) is 6.27. The molecule has 8 nitrogen and oxygen atoms in total. The summed E-state index contributed by atoms with van der Waals surface area (Å²) >= 11 is 0. The van der Waals surface area contributed by atoms with Crippen LogP contribution >= 0.6 is 0 Å². The predicted octanol–water partition coefficient (Wildman–Crippen LogP) is 2.58. The molecule has 3 N–H and O–H groups in total. The maximum atomic E-state index is 15.2. The molecule has 3 heterocycles. The lowest BCUT2D eigenvalue weighted by molar-refractivity contribution is -0.162. The summed E-state index contributed by atoms with van der Waals surface area (Å²) in [5.74, 6) is -1.01. The number of hydrogen-bond donors (Lipinski definition) is 2. The van der Waals surface area contributed by atoms with E-state index in [1.165, 1.54) is 6.07 Å². The molecule has 188 valence electrons. The molecule has 36 heavy (non-hydrogen) atoms. The van der Waals surface area contributed by atoms with Crippen molar-refractivity contribution in [3.8, 4) is 0 Å². The first-order valence-corrected chi connectivity index (χ1v) is 11.9. The zero-order chi connectivity index (χ0) is 25.4. The van der Waals surface area contributed by atoms with Crippen molar-refractivity contribution in [3.63, 3.8) is 0 Å². The van der Waals surface area contributed by atoms with Gasteiger partial charge in [0.25, 0.3) is 11.8 Å². The van der Waals surface area contributed by atoms with Crippen LogP contribution in [-0.4, -0.2) is 60.0 Å². The number of rotatable bonds is 6. The van der Waals surface area contributed by atoms with Gasteiger partial charge in [0.2, 0.25) is 0 Å². The van der Waals surface area contributed by atoms with E-state index in [-0.39, 0.29) is 18.1 Å². The molecule has 0 radical (unpaired) electrons. The van der Waals surface area contributed by atoms with Gasteiger partial charge in [0.15, 0.2) is 5.82 Å². The number of nitrogen functional groups attached to an aromatic ring is 1. The number of nitrogens with two attached hydrogens (primary N) is 1. The van der Waals surface area contributed by atoms with Gasteiger partial charge in [-0.25, -0.2) is 4.39 Å². The van der Waals surface area contributed by atoms with Gasteiger partial charge in [-0.2, -0.15) is 0 Å². The number of benzene rings is 2. The van der Waals surface area contributed by atoms with E-state index in [1.807, 2.05) is 36.4 Å². The Morgan fingerprint density at radius 2 is 1.72 bits per heavy atom. The van der Waals surface area contributed by atoms with Gasteiger partial charge in [-0.15, -0.1) is 0 Å². The van der Waals surface area contributed by atoms with Crippen LogP contribution in [0.5, 0.6) is 0 Å². The molecule has 1 spiro atoms. The molecular weight excluding hydrogens is 461 g/mol. The summed E-state index contributed by atoms with van der Waals surface area (Å²) in [4.78, 5) is 29.0. The monoisotopic (exact) mass is 491 g/mol. The van der Waals surface area contributed by atoms with E-state index in [2.05, 4.69) is 10.2 Å². The fourth-order valence-electron chi connectivity index (χ4n) is 4.95. The van der Waals surface area contributed by atoms with E-state index in [0.717, 1.165) is 16.8 Å². The SMILES string of the molecule is CN(C)C(=O)c1ccc(CN2CCn3c(cc(F)c3C(=O)NCc3ccc(N)cc3)C23COC3)cc1. The second-order valence-corrected chi connectivity index (χ2v) is 9.64. The minimum atomic E-state index is -0.528. The number of carbonyl (C=O) groups excluding carboxylic acids is 2. The van der Waals surface area contributed by atoms with Gasteiger partial charge in [-0.05, 0) is 41.5 Å². The normalized spacial score (nSPS) is 16.3. The summed E-state index contributed by atoms with van der Waals surface area (Å²) in [7, 11) is 3.45. The third-order valence-corrected chi connectivity index (χ3v) is 7.04. The molecule has 2 aliphatic heterocycles. The minimum absolute atomic E-state index is 0.0427. The lowest BCUT2D eigenvalue weighted by Crippen LogP contribution is -2.63. The van der Waals surface area contributed by atoms with Crippen LogP contribution in [0.4, 0.5) is 10.1 Å². The molecule has 2 aromatic carbocycles. The molecule has 9 heteroatoms. The van der Waals surface area contributed by atoms with Crippen molar-refractivity contribution in [2.45, 2.75) is 25.2 Å². The van der Waals surface area contributed by atoms with Crippen molar-refractivity contribution in [3.05, 3.63) is 88.5 Å². The van der Waals surface area contributed by atoms with E-state index in [4.69, 9.17) is 10.5 Å². The van der Waals surface area contributed by atoms with Crippen molar-refractivity contribution in [2.75, 3.05) is 39.6 Å². The number of hydrogen-bond acceptors (Lipinski definition) is 5. The smallest absolute Gasteiger partial charge is 0.271 e. The molecule has 1 fully saturated rings. The van der Waals surface area contributed by atoms with Gasteiger partial charge in [0.05, 0.1) is 13.2 Å². The van der Waals surface area contributed by atoms with E-state index >= 15 is 4.39 Å².